The maximum atomic E-state index is 8.61. The van der Waals surface area contributed by atoms with Gasteiger partial charge in [-0.1, -0.05) is 12.1 Å². The van der Waals surface area contributed by atoms with Gasteiger partial charge in [-0.25, -0.2) is 0 Å². The lowest BCUT2D eigenvalue weighted by molar-refractivity contribution is 0.282. The lowest BCUT2D eigenvalue weighted by Crippen LogP contribution is -1.87. The normalized spacial score (nSPS) is 9.29. The smallest absolute Gasteiger partial charge is 0.0682 e. The van der Waals surface area contributed by atoms with E-state index in [0.717, 1.165) is 11.3 Å². The molecule has 0 unspecified atom stereocenters. The van der Waals surface area contributed by atoms with E-state index in [0.29, 0.717) is 5.69 Å². The van der Waals surface area contributed by atoms with Crippen molar-refractivity contribution in [2.75, 3.05) is 11.5 Å². The van der Waals surface area contributed by atoms with E-state index in [1.165, 1.54) is 3.57 Å². The second-order valence-corrected chi connectivity index (χ2v) is 4.70. The Kier molecular flexibility index (Phi) is 5.79. The van der Waals surface area contributed by atoms with Crippen LogP contribution < -0.4 is 11.5 Å². The van der Waals surface area contributed by atoms with Crippen molar-refractivity contribution in [2.45, 2.75) is 6.61 Å². The number of benzene rings is 2. The summed E-state index contributed by atoms with van der Waals surface area (Å²) in [5.74, 6) is 0. The molecule has 5 N–H and O–H groups in total. The molecule has 0 fully saturated rings. The summed E-state index contributed by atoms with van der Waals surface area (Å²) < 4.78 is 1.22. The molecule has 4 heteroatoms. The molecule has 2 rings (SSSR count). The topological polar surface area (TPSA) is 72.3 Å². The van der Waals surface area contributed by atoms with Gasteiger partial charge in [-0.05, 0) is 64.6 Å². The van der Waals surface area contributed by atoms with Gasteiger partial charge in [0.25, 0.3) is 0 Å². The molecule has 0 bridgehead atoms. The molecule has 0 aromatic heterocycles. The molecule has 0 heterocycles. The summed E-state index contributed by atoms with van der Waals surface area (Å²) in [6, 6.07) is 14.9. The average molecular weight is 342 g/mol. The van der Waals surface area contributed by atoms with E-state index in [4.69, 9.17) is 16.6 Å². The highest BCUT2D eigenvalue weighted by atomic mass is 127. The molecule has 2 aromatic rings. The Morgan fingerprint density at radius 3 is 2.00 bits per heavy atom. The molecule has 0 aliphatic heterocycles. The highest BCUT2D eigenvalue weighted by Gasteiger charge is 1.87. The Bertz CT molecular complexity index is 436. The molecule has 0 atom stereocenters. The quantitative estimate of drug-likeness (QED) is 0.551. The van der Waals surface area contributed by atoms with Gasteiger partial charge in [0.15, 0.2) is 0 Å². The first-order chi connectivity index (χ1) is 8.11. The molecule has 0 saturated heterocycles. The summed E-state index contributed by atoms with van der Waals surface area (Å²) in [6.45, 7) is 0.0606. The van der Waals surface area contributed by atoms with Crippen molar-refractivity contribution in [2.24, 2.45) is 0 Å². The minimum absolute atomic E-state index is 0.0606. The fraction of sp³-hybridized carbons (Fsp3) is 0.0769. The van der Waals surface area contributed by atoms with E-state index in [-0.39, 0.29) is 6.61 Å². The van der Waals surface area contributed by atoms with Crippen LogP contribution in [0.3, 0.4) is 0 Å². The van der Waals surface area contributed by atoms with Crippen molar-refractivity contribution < 1.29 is 5.11 Å². The van der Waals surface area contributed by atoms with Gasteiger partial charge in [-0.2, -0.15) is 0 Å². The Morgan fingerprint density at radius 2 is 1.59 bits per heavy atom. The number of hydrogen-bond acceptors (Lipinski definition) is 3. The van der Waals surface area contributed by atoms with Crippen molar-refractivity contribution >= 4 is 34.0 Å². The van der Waals surface area contributed by atoms with Crippen LogP contribution in [0.5, 0.6) is 0 Å². The average Bonchev–Trinajstić information content (AvgIpc) is 2.34. The van der Waals surface area contributed by atoms with Crippen LogP contribution in [0.4, 0.5) is 11.4 Å². The summed E-state index contributed by atoms with van der Waals surface area (Å²) >= 11 is 2.24. The van der Waals surface area contributed by atoms with Crippen molar-refractivity contribution in [1.29, 1.82) is 0 Å². The summed E-state index contributed by atoms with van der Waals surface area (Å²) in [7, 11) is 0. The van der Waals surface area contributed by atoms with Crippen molar-refractivity contribution in [1.82, 2.24) is 0 Å². The molecule has 17 heavy (non-hydrogen) atoms. The largest absolute Gasteiger partial charge is 0.399 e. The summed E-state index contributed by atoms with van der Waals surface area (Å²) in [6.07, 6.45) is 0. The highest BCUT2D eigenvalue weighted by Crippen LogP contribution is 2.06. The van der Waals surface area contributed by atoms with E-state index in [2.05, 4.69) is 22.6 Å². The van der Waals surface area contributed by atoms with Crippen molar-refractivity contribution in [3.8, 4) is 0 Å². The van der Waals surface area contributed by atoms with E-state index in [1.54, 1.807) is 12.1 Å². The number of halogens is 1. The molecule has 0 amide bonds. The molecule has 0 aliphatic carbocycles. The third-order valence-corrected chi connectivity index (χ3v) is 2.72. The fourth-order valence-electron chi connectivity index (χ4n) is 1.15. The van der Waals surface area contributed by atoms with E-state index < -0.39 is 0 Å². The SMILES string of the molecule is Nc1ccc(I)cc1.Nc1cccc(CO)c1. The first kappa shape index (κ1) is 13.8. The molecule has 0 spiro atoms. The number of rotatable bonds is 1. The van der Waals surface area contributed by atoms with Gasteiger partial charge in [0.1, 0.15) is 0 Å². The number of nitrogen functional groups attached to an aromatic ring is 2. The van der Waals surface area contributed by atoms with Gasteiger partial charge < -0.3 is 16.6 Å². The highest BCUT2D eigenvalue weighted by molar-refractivity contribution is 14.1. The van der Waals surface area contributed by atoms with Crippen LogP contribution in [0.2, 0.25) is 0 Å². The first-order valence-electron chi connectivity index (χ1n) is 5.08. The standard InChI is InChI=1S/C7H9NO.C6H6IN/c8-7-3-1-2-6(4-7)5-9;7-5-1-3-6(8)4-2-5/h1-4,9H,5,8H2;1-4H,8H2. The zero-order chi connectivity index (χ0) is 12.7. The molecule has 90 valence electrons. The first-order valence-corrected chi connectivity index (χ1v) is 6.16. The predicted octanol–water partition coefficient (Wildman–Crippen LogP) is 2.63. The van der Waals surface area contributed by atoms with Gasteiger partial charge in [-0.15, -0.1) is 0 Å². The van der Waals surface area contributed by atoms with Crippen LogP contribution in [-0.2, 0) is 6.61 Å². The van der Waals surface area contributed by atoms with Crippen LogP contribution >= 0.6 is 22.6 Å². The summed E-state index contributed by atoms with van der Waals surface area (Å²) in [4.78, 5) is 0. The summed E-state index contributed by atoms with van der Waals surface area (Å²) in [5, 5.41) is 8.61. The number of aliphatic hydroxyl groups is 1. The third-order valence-electron chi connectivity index (χ3n) is 2.00. The Hall–Kier alpha value is -1.27. The van der Waals surface area contributed by atoms with Gasteiger partial charge >= 0.3 is 0 Å². The van der Waals surface area contributed by atoms with Gasteiger partial charge in [0, 0.05) is 14.9 Å². The van der Waals surface area contributed by atoms with Crippen molar-refractivity contribution in [3.05, 3.63) is 57.7 Å². The summed E-state index contributed by atoms with van der Waals surface area (Å²) in [5.41, 5.74) is 13.2. The number of anilines is 2. The maximum Gasteiger partial charge on any atom is 0.0682 e. The second kappa shape index (κ2) is 7.13. The van der Waals surface area contributed by atoms with Crippen LogP contribution in [-0.4, -0.2) is 5.11 Å². The van der Waals surface area contributed by atoms with Crippen LogP contribution in [0.25, 0.3) is 0 Å². The number of nitrogens with two attached hydrogens (primary N) is 2. The third kappa shape index (κ3) is 5.55. The predicted molar refractivity (Wildman–Crippen MR) is 80.3 cm³/mol. The Labute approximate surface area is 115 Å². The monoisotopic (exact) mass is 342 g/mol. The zero-order valence-electron chi connectivity index (χ0n) is 9.31. The Balaban J connectivity index is 0.000000171. The van der Waals surface area contributed by atoms with Crippen LogP contribution in [0.1, 0.15) is 5.56 Å². The molecule has 2 aromatic carbocycles. The molecular formula is C13H15IN2O. The van der Waals surface area contributed by atoms with E-state index in [1.807, 2.05) is 36.4 Å². The van der Waals surface area contributed by atoms with Gasteiger partial charge in [0.2, 0.25) is 0 Å². The van der Waals surface area contributed by atoms with E-state index in [9.17, 15) is 0 Å². The minimum atomic E-state index is 0.0606. The zero-order valence-corrected chi connectivity index (χ0v) is 11.5. The van der Waals surface area contributed by atoms with Crippen LogP contribution in [0.15, 0.2) is 48.5 Å². The molecule has 0 aliphatic rings. The fourth-order valence-corrected chi connectivity index (χ4v) is 1.51. The number of hydrogen-bond donors (Lipinski definition) is 3. The lowest BCUT2D eigenvalue weighted by Gasteiger charge is -1.94. The lowest BCUT2D eigenvalue weighted by atomic mass is 10.2. The Morgan fingerprint density at radius 1 is 0.941 bits per heavy atom. The van der Waals surface area contributed by atoms with Gasteiger partial charge in [-0.3, -0.25) is 0 Å². The molecule has 0 radical (unpaired) electrons. The maximum absolute atomic E-state index is 8.61. The minimum Gasteiger partial charge on any atom is -0.399 e. The number of aliphatic hydroxyl groups excluding tert-OH is 1. The molecule has 3 nitrogen and oxygen atoms in total. The molecular weight excluding hydrogens is 327 g/mol. The molecule has 0 saturated carbocycles. The van der Waals surface area contributed by atoms with Gasteiger partial charge in [0.05, 0.1) is 6.61 Å². The van der Waals surface area contributed by atoms with Crippen LogP contribution in [0, 0.1) is 3.57 Å². The van der Waals surface area contributed by atoms with Crippen molar-refractivity contribution in [3.63, 3.8) is 0 Å². The van der Waals surface area contributed by atoms with E-state index >= 15 is 0 Å². The second-order valence-electron chi connectivity index (χ2n) is 3.45.